The zero-order valence-electron chi connectivity index (χ0n) is 20.4. The molecule has 3 heterocycles. The molecule has 0 aliphatic carbocycles. The van der Waals surface area contributed by atoms with Gasteiger partial charge in [-0.2, -0.15) is 4.98 Å². The number of rotatable bonds is 6. The largest absolute Gasteiger partial charge is 0.495 e. The molecule has 35 heavy (non-hydrogen) atoms. The molecule has 2 amide bonds. The molecule has 1 fully saturated rings. The van der Waals surface area contributed by atoms with Crippen LogP contribution in [0.2, 0.25) is 0 Å². The minimum atomic E-state index is -0.122. The van der Waals surface area contributed by atoms with Gasteiger partial charge < -0.3 is 30.1 Å². The number of aromatic nitrogens is 2. The van der Waals surface area contributed by atoms with Gasteiger partial charge in [0, 0.05) is 31.6 Å². The number of nitrogens with zero attached hydrogens (tertiary/aromatic N) is 5. The van der Waals surface area contributed by atoms with E-state index in [2.05, 4.69) is 38.5 Å². The maximum Gasteiger partial charge on any atom is 0.251 e. The van der Waals surface area contributed by atoms with Crippen LogP contribution in [-0.4, -0.2) is 80.1 Å². The number of likely N-dealkylation sites (tertiary alicyclic amines) is 1. The highest BCUT2D eigenvalue weighted by Crippen LogP contribution is 2.33. The van der Waals surface area contributed by atoms with E-state index in [1.807, 2.05) is 4.90 Å². The molecule has 184 valence electrons. The second kappa shape index (κ2) is 10.6. The molecule has 0 unspecified atom stereocenters. The van der Waals surface area contributed by atoms with Gasteiger partial charge in [-0.15, -0.1) is 6.42 Å². The van der Waals surface area contributed by atoms with Crippen LogP contribution >= 0.6 is 0 Å². The van der Waals surface area contributed by atoms with E-state index in [1.54, 1.807) is 43.5 Å². The first-order chi connectivity index (χ1) is 16.9. The Morgan fingerprint density at radius 3 is 2.74 bits per heavy atom. The van der Waals surface area contributed by atoms with Crippen LogP contribution in [-0.2, 0) is 4.79 Å². The Balaban J connectivity index is 1.53. The van der Waals surface area contributed by atoms with Crippen molar-refractivity contribution in [1.29, 1.82) is 0 Å². The van der Waals surface area contributed by atoms with Gasteiger partial charge in [-0.1, -0.05) is 5.92 Å². The summed E-state index contributed by atoms with van der Waals surface area (Å²) in [5.41, 5.74) is 1.74. The number of hydrogen-bond acceptors (Lipinski definition) is 8. The molecule has 2 N–H and O–H groups in total. The minimum absolute atomic E-state index is 0.0223. The van der Waals surface area contributed by atoms with Crippen LogP contribution < -0.4 is 25.2 Å². The lowest BCUT2D eigenvalue weighted by molar-refractivity contribution is -0.118. The summed E-state index contributed by atoms with van der Waals surface area (Å²) in [4.78, 5) is 39.9. The second-order valence-corrected chi connectivity index (χ2v) is 8.82. The van der Waals surface area contributed by atoms with Crippen LogP contribution in [0.5, 0.6) is 5.75 Å². The average Bonchev–Trinajstić information content (AvgIpc) is 2.98. The summed E-state index contributed by atoms with van der Waals surface area (Å²) in [5.74, 6) is 3.89. The summed E-state index contributed by atoms with van der Waals surface area (Å²) in [7, 11) is 5.34. The number of methoxy groups -OCH3 is 1. The molecule has 0 spiro atoms. The maximum absolute atomic E-state index is 12.8. The first-order valence-corrected chi connectivity index (χ1v) is 11.7. The van der Waals surface area contributed by atoms with Gasteiger partial charge in [0.15, 0.2) is 5.82 Å². The summed E-state index contributed by atoms with van der Waals surface area (Å²) in [6, 6.07) is 5.39. The van der Waals surface area contributed by atoms with E-state index in [4.69, 9.17) is 11.2 Å². The van der Waals surface area contributed by atoms with Crippen LogP contribution in [0.4, 0.5) is 23.1 Å². The molecule has 1 aromatic carbocycles. The fraction of sp³-hybridized carbons (Fsp3) is 0.440. The molecular formula is C25H31N7O3. The summed E-state index contributed by atoms with van der Waals surface area (Å²) >= 11 is 0. The number of carbonyl (C=O) groups excluding carboxylic acids is 2. The quantitative estimate of drug-likeness (QED) is 0.608. The second-order valence-electron chi connectivity index (χ2n) is 8.82. The van der Waals surface area contributed by atoms with Crippen LogP contribution in [0.25, 0.3) is 0 Å². The van der Waals surface area contributed by atoms with Crippen molar-refractivity contribution in [3.05, 3.63) is 30.0 Å². The number of piperidine rings is 1. The summed E-state index contributed by atoms with van der Waals surface area (Å²) < 4.78 is 5.54. The van der Waals surface area contributed by atoms with Crippen LogP contribution in [0, 0.1) is 12.3 Å². The molecule has 1 saturated heterocycles. The van der Waals surface area contributed by atoms with Crippen LogP contribution in [0.3, 0.4) is 0 Å². The number of fused-ring (bicyclic) bond motifs is 1. The summed E-state index contributed by atoms with van der Waals surface area (Å²) in [5, 5.41) is 6.29. The molecule has 2 aliphatic heterocycles. The molecule has 1 aromatic heterocycles. The number of carbonyl (C=O) groups is 2. The molecule has 10 heteroatoms. The van der Waals surface area contributed by atoms with E-state index < -0.39 is 0 Å². The monoisotopic (exact) mass is 477 g/mol. The third-order valence-corrected chi connectivity index (χ3v) is 6.43. The standard InChI is InChI=1S/C25H31N7O3/c1-5-11-32-14-10-22(33)31(3)20-16-26-25(29-23(20)32)28-19-7-6-17(15-21(19)35-4)24(34)27-18-8-12-30(2)13-9-18/h1,6-7,15-16,18H,8-14H2,2-4H3,(H,27,34)(H,26,28,29). The Morgan fingerprint density at radius 2 is 2.03 bits per heavy atom. The number of ether oxygens (including phenoxy) is 1. The number of hydrogen-bond donors (Lipinski definition) is 2. The van der Waals surface area contributed by atoms with Crippen LogP contribution in [0.15, 0.2) is 24.4 Å². The molecule has 2 aliphatic rings. The van der Waals surface area contributed by atoms with E-state index in [-0.39, 0.29) is 17.9 Å². The lowest BCUT2D eigenvalue weighted by Gasteiger charge is -2.29. The fourth-order valence-electron chi connectivity index (χ4n) is 4.28. The van der Waals surface area contributed by atoms with E-state index in [0.29, 0.717) is 54.0 Å². The molecule has 2 aromatic rings. The van der Waals surface area contributed by atoms with Gasteiger partial charge >= 0.3 is 0 Å². The third-order valence-electron chi connectivity index (χ3n) is 6.43. The van der Waals surface area contributed by atoms with E-state index in [0.717, 1.165) is 25.9 Å². The molecule has 0 radical (unpaired) electrons. The highest BCUT2D eigenvalue weighted by atomic mass is 16.5. The van der Waals surface area contributed by atoms with Gasteiger partial charge in [0.1, 0.15) is 11.4 Å². The maximum atomic E-state index is 12.8. The lowest BCUT2D eigenvalue weighted by Crippen LogP contribution is -2.43. The predicted molar refractivity (Wildman–Crippen MR) is 135 cm³/mol. The fourth-order valence-corrected chi connectivity index (χ4v) is 4.28. The first kappa shape index (κ1) is 24.3. The van der Waals surface area contributed by atoms with Gasteiger partial charge in [0.25, 0.3) is 5.91 Å². The van der Waals surface area contributed by atoms with E-state index in [1.165, 1.54) is 0 Å². The van der Waals surface area contributed by atoms with Crippen molar-refractivity contribution in [1.82, 2.24) is 20.2 Å². The summed E-state index contributed by atoms with van der Waals surface area (Å²) in [6.45, 7) is 2.75. The van der Waals surface area contributed by atoms with E-state index in [9.17, 15) is 9.59 Å². The van der Waals surface area contributed by atoms with Gasteiger partial charge in [-0.05, 0) is 51.2 Å². The Kier molecular flexibility index (Phi) is 7.36. The Hall–Kier alpha value is -3.84. The average molecular weight is 478 g/mol. The smallest absolute Gasteiger partial charge is 0.251 e. The molecule has 4 rings (SSSR count). The number of anilines is 4. The molecule has 0 atom stereocenters. The molecular weight excluding hydrogens is 446 g/mol. The van der Waals surface area contributed by atoms with Crippen LogP contribution in [0.1, 0.15) is 29.6 Å². The third kappa shape index (κ3) is 5.46. The lowest BCUT2D eigenvalue weighted by atomic mass is 10.0. The Bertz CT molecular complexity index is 1140. The molecule has 10 nitrogen and oxygen atoms in total. The van der Waals surface area contributed by atoms with Crippen molar-refractivity contribution < 1.29 is 14.3 Å². The van der Waals surface area contributed by atoms with Crippen molar-refractivity contribution in [2.45, 2.75) is 25.3 Å². The number of terminal acetylenes is 1. The van der Waals surface area contributed by atoms with Crippen molar-refractivity contribution in [2.24, 2.45) is 0 Å². The highest BCUT2D eigenvalue weighted by molar-refractivity contribution is 5.97. The first-order valence-electron chi connectivity index (χ1n) is 11.7. The zero-order chi connectivity index (χ0) is 24.9. The zero-order valence-corrected chi connectivity index (χ0v) is 20.4. The topological polar surface area (TPSA) is 103 Å². The number of benzene rings is 1. The van der Waals surface area contributed by atoms with Crippen molar-refractivity contribution >= 4 is 35.0 Å². The van der Waals surface area contributed by atoms with Gasteiger partial charge in [0.2, 0.25) is 11.9 Å². The number of amides is 2. The van der Waals surface area contributed by atoms with Crippen molar-refractivity contribution in [3.63, 3.8) is 0 Å². The normalized spacial score (nSPS) is 16.8. The Morgan fingerprint density at radius 1 is 1.26 bits per heavy atom. The predicted octanol–water partition coefficient (Wildman–Crippen LogP) is 1.86. The summed E-state index contributed by atoms with van der Waals surface area (Å²) in [6.07, 6.45) is 9.36. The van der Waals surface area contributed by atoms with Gasteiger partial charge in [0.05, 0.1) is 25.5 Å². The number of nitrogens with one attached hydrogen (secondary N) is 2. The Labute approximate surface area is 205 Å². The minimum Gasteiger partial charge on any atom is -0.495 e. The molecule has 0 bridgehead atoms. The van der Waals surface area contributed by atoms with Crippen molar-refractivity contribution in [2.75, 3.05) is 62.5 Å². The molecule has 0 saturated carbocycles. The van der Waals surface area contributed by atoms with Crippen molar-refractivity contribution in [3.8, 4) is 18.1 Å². The van der Waals surface area contributed by atoms with E-state index >= 15 is 0 Å². The highest BCUT2D eigenvalue weighted by Gasteiger charge is 2.26. The SMILES string of the molecule is C#CCN1CCC(=O)N(C)c2cnc(Nc3ccc(C(=O)NC4CCN(C)CC4)cc3OC)nc21. The van der Waals surface area contributed by atoms with Gasteiger partial charge in [-0.3, -0.25) is 9.59 Å². The van der Waals surface area contributed by atoms with Gasteiger partial charge in [-0.25, -0.2) is 4.98 Å².